The fourth-order valence-corrected chi connectivity index (χ4v) is 4.09. The number of benzene rings is 2. The summed E-state index contributed by atoms with van der Waals surface area (Å²) in [5, 5.41) is 11.4. The van der Waals surface area contributed by atoms with E-state index in [1.807, 2.05) is 19.9 Å². The van der Waals surface area contributed by atoms with Gasteiger partial charge in [0.25, 0.3) is 17.5 Å². The van der Waals surface area contributed by atoms with Crippen LogP contribution >= 0.6 is 0 Å². The van der Waals surface area contributed by atoms with Gasteiger partial charge in [-0.3, -0.25) is 29.4 Å². The first-order valence-electron chi connectivity index (χ1n) is 10.5. The second kappa shape index (κ2) is 8.86. The monoisotopic (exact) mass is 461 g/mol. The van der Waals surface area contributed by atoms with Gasteiger partial charge in [-0.2, -0.15) is 0 Å². The van der Waals surface area contributed by atoms with Crippen LogP contribution in [0, 0.1) is 22.9 Å². The minimum Gasteiger partial charge on any atom is -0.315 e. The van der Waals surface area contributed by atoms with E-state index in [9.17, 15) is 28.9 Å². The number of ketones is 1. The number of nitro benzene ring substituents is 1. The van der Waals surface area contributed by atoms with E-state index in [0.717, 1.165) is 28.3 Å². The number of aryl methyl sites for hydroxylation is 1. The fourth-order valence-electron chi connectivity index (χ4n) is 4.09. The number of amides is 2. The minimum absolute atomic E-state index is 0.0597. The summed E-state index contributed by atoms with van der Waals surface area (Å²) >= 11 is 0. The predicted molar refractivity (Wildman–Crippen MR) is 121 cm³/mol. The van der Waals surface area contributed by atoms with Crippen LogP contribution in [0.5, 0.6) is 0 Å². The van der Waals surface area contributed by atoms with Crippen LogP contribution in [0.25, 0.3) is 5.69 Å². The molecule has 0 fully saturated rings. The van der Waals surface area contributed by atoms with Gasteiger partial charge >= 0.3 is 0 Å². The molecule has 0 atom stereocenters. The standard InChI is InChI=1S/C25H20FN3O5/c1-3-16-12-18(14-27-23(30)10-11-24(27)31)28(15(16)2)22-9-8-17(29(33)34)13-20(22)25(32)19-6-4-5-7-21(19)26/h4-13H,3,14H2,1-2H3. The van der Waals surface area contributed by atoms with E-state index in [4.69, 9.17) is 0 Å². The van der Waals surface area contributed by atoms with Gasteiger partial charge in [0.15, 0.2) is 5.78 Å². The van der Waals surface area contributed by atoms with Crippen molar-refractivity contribution in [2.75, 3.05) is 0 Å². The molecule has 0 unspecified atom stereocenters. The van der Waals surface area contributed by atoms with Crippen molar-refractivity contribution in [1.29, 1.82) is 0 Å². The van der Waals surface area contributed by atoms with Crippen molar-refractivity contribution in [1.82, 2.24) is 9.47 Å². The molecule has 172 valence electrons. The van der Waals surface area contributed by atoms with Gasteiger partial charge in [0.1, 0.15) is 5.82 Å². The summed E-state index contributed by atoms with van der Waals surface area (Å²) in [5.74, 6) is -2.38. The first-order valence-corrected chi connectivity index (χ1v) is 10.5. The lowest BCUT2D eigenvalue weighted by Gasteiger charge is -2.19. The molecule has 3 aromatic rings. The van der Waals surface area contributed by atoms with Crippen LogP contribution in [0.2, 0.25) is 0 Å². The van der Waals surface area contributed by atoms with Gasteiger partial charge in [0.05, 0.1) is 28.3 Å². The number of imide groups is 1. The van der Waals surface area contributed by atoms with Crippen LogP contribution in [-0.4, -0.2) is 32.0 Å². The number of halogens is 1. The number of nitrogens with zero attached hydrogens (tertiary/aromatic N) is 3. The molecule has 1 aliphatic heterocycles. The maximum Gasteiger partial charge on any atom is 0.270 e. The topological polar surface area (TPSA) is 103 Å². The quantitative estimate of drug-likeness (QED) is 0.229. The number of carbonyl (C=O) groups excluding carboxylic acids is 3. The molecule has 0 bridgehead atoms. The Bertz CT molecular complexity index is 1370. The number of rotatable bonds is 7. The maximum absolute atomic E-state index is 14.4. The van der Waals surface area contributed by atoms with Crippen molar-refractivity contribution in [2.24, 2.45) is 0 Å². The number of nitro groups is 1. The van der Waals surface area contributed by atoms with Gasteiger partial charge in [-0.1, -0.05) is 19.1 Å². The van der Waals surface area contributed by atoms with E-state index in [1.165, 1.54) is 42.5 Å². The number of hydrogen-bond donors (Lipinski definition) is 0. The van der Waals surface area contributed by atoms with Crippen LogP contribution in [0.15, 0.2) is 60.7 Å². The Kier molecular flexibility index (Phi) is 5.93. The van der Waals surface area contributed by atoms with Gasteiger partial charge in [-0.25, -0.2) is 4.39 Å². The van der Waals surface area contributed by atoms with Crippen molar-refractivity contribution in [3.8, 4) is 5.69 Å². The molecule has 2 aromatic carbocycles. The Morgan fingerprint density at radius 2 is 1.71 bits per heavy atom. The van der Waals surface area contributed by atoms with Crippen LogP contribution in [0.3, 0.4) is 0 Å². The van der Waals surface area contributed by atoms with Crippen molar-refractivity contribution >= 4 is 23.3 Å². The lowest BCUT2D eigenvalue weighted by Crippen LogP contribution is -2.30. The molecule has 0 spiro atoms. The predicted octanol–water partition coefficient (Wildman–Crippen LogP) is 4.05. The Hall–Kier alpha value is -4.40. The molecule has 1 aliphatic rings. The lowest BCUT2D eigenvalue weighted by molar-refractivity contribution is -0.384. The van der Waals surface area contributed by atoms with Gasteiger partial charge in [0, 0.05) is 35.7 Å². The molecule has 0 saturated carbocycles. The Labute approximate surface area is 194 Å². The fraction of sp³-hybridized carbons (Fsp3) is 0.160. The summed E-state index contributed by atoms with van der Waals surface area (Å²) in [4.78, 5) is 49.6. The van der Waals surface area contributed by atoms with Crippen molar-refractivity contribution in [2.45, 2.75) is 26.8 Å². The maximum atomic E-state index is 14.4. The summed E-state index contributed by atoms with van der Waals surface area (Å²) < 4.78 is 16.1. The molecule has 4 rings (SSSR count). The summed E-state index contributed by atoms with van der Waals surface area (Å²) in [6, 6.07) is 11.0. The third kappa shape index (κ3) is 3.92. The summed E-state index contributed by atoms with van der Waals surface area (Å²) in [7, 11) is 0. The number of carbonyl (C=O) groups is 3. The third-order valence-electron chi connectivity index (χ3n) is 5.82. The Balaban J connectivity index is 1.92. The van der Waals surface area contributed by atoms with Crippen molar-refractivity contribution in [3.63, 3.8) is 0 Å². The first kappa shape index (κ1) is 22.8. The molecule has 8 nitrogen and oxygen atoms in total. The number of hydrogen-bond acceptors (Lipinski definition) is 5. The largest absolute Gasteiger partial charge is 0.315 e. The molecule has 1 aromatic heterocycles. The molecular formula is C25H20FN3O5. The van der Waals surface area contributed by atoms with Crippen LogP contribution in [0.4, 0.5) is 10.1 Å². The molecule has 0 radical (unpaired) electrons. The number of non-ortho nitro benzene ring substituents is 1. The summed E-state index contributed by atoms with van der Waals surface area (Å²) in [6.45, 7) is 3.69. The van der Waals surface area contributed by atoms with E-state index >= 15 is 0 Å². The lowest BCUT2D eigenvalue weighted by atomic mass is 10.00. The van der Waals surface area contributed by atoms with E-state index in [-0.39, 0.29) is 29.0 Å². The van der Waals surface area contributed by atoms with Crippen LogP contribution < -0.4 is 0 Å². The highest BCUT2D eigenvalue weighted by Gasteiger charge is 2.28. The first-order chi connectivity index (χ1) is 16.2. The molecular weight excluding hydrogens is 441 g/mol. The van der Waals surface area contributed by atoms with Gasteiger partial charge in [-0.05, 0) is 43.2 Å². The van der Waals surface area contributed by atoms with Crippen LogP contribution in [0.1, 0.15) is 39.8 Å². The van der Waals surface area contributed by atoms with E-state index < -0.39 is 28.3 Å². The molecule has 2 amide bonds. The molecule has 9 heteroatoms. The normalized spacial score (nSPS) is 13.1. The average Bonchev–Trinajstić information content (AvgIpc) is 3.31. The zero-order chi connectivity index (χ0) is 24.6. The molecule has 34 heavy (non-hydrogen) atoms. The second-order valence-electron chi connectivity index (χ2n) is 7.80. The van der Waals surface area contributed by atoms with Gasteiger partial charge in [-0.15, -0.1) is 0 Å². The number of aromatic nitrogens is 1. The highest BCUT2D eigenvalue weighted by Crippen LogP contribution is 2.30. The molecule has 0 saturated heterocycles. The summed E-state index contributed by atoms with van der Waals surface area (Å²) in [6.07, 6.45) is 3.00. The zero-order valence-electron chi connectivity index (χ0n) is 18.4. The van der Waals surface area contributed by atoms with Crippen molar-refractivity contribution in [3.05, 3.63) is 105 Å². The van der Waals surface area contributed by atoms with Crippen LogP contribution in [-0.2, 0) is 22.6 Å². The second-order valence-corrected chi connectivity index (χ2v) is 7.80. The molecule has 0 aliphatic carbocycles. The van der Waals surface area contributed by atoms with E-state index in [2.05, 4.69) is 0 Å². The van der Waals surface area contributed by atoms with Gasteiger partial charge in [0.2, 0.25) is 0 Å². The minimum atomic E-state index is -0.747. The highest BCUT2D eigenvalue weighted by atomic mass is 19.1. The zero-order valence-corrected chi connectivity index (χ0v) is 18.4. The summed E-state index contributed by atoms with van der Waals surface area (Å²) in [5.41, 5.74) is 1.86. The van der Waals surface area contributed by atoms with Gasteiger partial charge < -0.3 is 4.57 Å². The Morgan fingerprint density at radius 3 is 2.32 bits per heavy atom. The highest BCUT2D eigenvalue weighted by molar-refractivity contribution is 6.13. The Morgan fingerprint density at radius 1 is 1.03 bits per heavy atom. The van der Waals surface area contributed by atoms with E-state index in [1.54, 1.807) is 4.57 Å². The SMILES string of the molecule is CCc1cc(CN2C(=O)C=CC2=O)n(-c2ccc([N+](=O)[O-])cc2C(=O)c2ccccc2F)c1C. The molecule has 2 heterocycles. The third-order valence-corrected chi connectivity index (χ3v) is 5.82. The van der Waals surface area contributed by atoms with Crippen molar-refractivity contribution < 1.29 is 23.7 Å². The smallest absolute Gasteiger partial charge is 0.270 e. The average molecular weight is 461 g/mol. The van der Waals surface area contributed by atoms with E-state index in [0.29, 0.717) is 12.1 Å². The molecule has 0 N–H and O–H groups in total.